The number of benzene rings is 1. The number of ether oxygens (including phenoxy) is 1. The van der Waals surface area contributed by atoms with E-state index in [1.165, 1.54) is 0 Å². The normalized spacial score (nSPS) is 17.1. The Hall–Kier alpha value is -1.08. The quantitative estimate of drug-likeness (QED) is 0.565. The van der Waals surface area contributed by atoms with E-state index in [-0.39, 0.29) is 6.04 Å². The lowest BCUT2D eigenvalue weighted by atomic mass is 10.1. The van der Waals surface area contributed by atoms with Gasteiger partial charge in [-0.3, -0.25) is 5.01 Å². The van der Waals surface area contributed by atoms with Crippen LogP contribution in [0.25, 0.3) is 0 Å². The molecule has 0 amide bonds. The SMILES string of the molecule is CCOC(=O)C1=NN(c2ccc(Cl)cc2Cl)C(c2ccc(Br)s2)C1. The van der Waals surface area contributed by atoms with Gasteiger partial charge in [0.2, 0.25) is 0 Å². The number of nitrogens with zero attached hydrogens (tertiary/aromatic N) is 2. The molecule has 0 fully saturated rings. The molecule has 1 aromatic heterocycles. The fraction of sp³-hybridized carbons (Fsp3) is 0.250. The lowest BCUT2D eigenvalue weighted by Crippen LogP contribution is -2.18. The molecule has 0 bridgehead atoms. The Kier molecular flexibility index (Phi) is 5.49. The third-order valence-corrected chi connectivity index (χ3v) is 5.76. The van der Waals surface area contributed by atoms with Gasteiger partial charge in [0.1, 0.15) is 5.71 Å². The van der Waals surface area contributed by atoms with E-state index in [2.05, 4.69) is 21.0 Å². The minimum absolute atomic E-state index is 0.112. The monoisotopic (exact) mass is 446 g/mol. The number of rotatable bonds is 4. The third-order valence-electron chi connectivity index (χ3n) is 3.50. The molecule has 1 aliphatic rings. The van der Waals surface area contributed by atoms with Gasteiger partial charge in [-0.2, -0.15) is 5.10 Å². The highest BCUT2D eigenvalue weighted by molar-refractivity contribution is 9.11. The second-order valence-corrected chi connectivity index (χ2v) is 8.41. The van der Waals surface area contributed by atoms with Crippen molar-refractivity contribution in [2.45, 2.75) is 19.4 Å². The Bertz CT molecular complexity index is 809. The van der Waals surface area contributed by atoms with E-state index in [1.54, 1.807) is 41.5 Å². The van der Waals surface area contributed by atoms with E-state index in [0.717, 1.165) is 8.66 Å². The first-order valence-corrected chi connectivity index (χ1v) is 9.60. The summed E-state index contributed by atoms with van der Waals surface area (Å²) in [7, 11) is 0. The van der Waals surface area contributed by atoms with E-state index in [4.69, 9.17) is 27.9 Å². The molecule has 2 aromatic rings. The number of thiophene rings is 1. The number of anilines is 1. The molecule has 2 heterocycles. The van der Waals surface area contributed by atoms with Gasteiger partial charge in [0.15, 0.2) is 0 Å². The van der Waals surface area contributed by atoms with E-state index in [1.807, 2.05) is 12.1 Å². The first-order valence-electron chi connectivity index (χ1n) is 7.23. The molecule has 0 saturated carbocycles. The summed E-state index contributed by atoms with van der Waals surface area (Å²) < 4.78 is 6.11. The van der Waals surface area contributed by atoms with Gasteiger partial charge < -0.3 is 4.74 Å². The maximum Gasteiger partial charge on any atom is 0.354 e. The maximum absolute atomic E-state index is 12.1. The number of carbonyl (C=O) groups is 1. The molecule has 3 rings (SSSR count). The molecule has 1 aromatic carbocycles. The van der Waals surface area contributed by atoms with Crippen LogP contribution in [0.5, 0.6) is 0 Å². The second kappa shape index (κ2) is 7.44. The van der Waals surface area contributed by atoms with Crippen LogP contribution >= 0.6 is 50.5 Å². The van der Waals surface area contributed by atoms with Crippen molar-refractivity contribution in [1.82, 2.24) is 0 Å². The highest BCUT2D eigenvalue weighted by Gasteiger charge is 2.34. The van der Waals surface area contributed by atoms with E-state index >= 15 is 0 Å². The zero-order chi connectivity index (χ0) is 17.3. The van der Waals surface area contributed by atoms with Crippen LogP contribution in [-0.2, 0) is 9.53 Å². The number of carbonyl (C=O) groups excluding carboxylic acids is 1. The van der Waals surface area contributed by atoms with E-state index < -0.39 is 5.97 Å². The smallest absolute Gasteiger partial charge is 0.354 e. The van der Waals surface area contributed by atoms with Crippen LogP contribution < -0.4 is 5.01 Å². The van der Waals surface area contributed by atoms with Gasteiger partial charge in [-0.05, 0) is 53.2 Å². The number of esters is 1. The van der Waals surface area contributed by atoms with Crippen molar-refractivity contribution < 1.29 is 9.53 Å². The van der Waals surface area contributed by atoms with Crippen molar-refractivity contribution in [2.24, 2.45) is 5.10 Å². The van der Waals surface area contributed by atoms with Gasteiger partial charge >= 0.3 is 5.97 Å². The number of hydrazone groups is 1. The molecule has 4 nitrogen and oxygen atoms in total. The molecule has 8 heteroatoms. The number of halogens is 3. The summed E-state index contributed by atoms with van der Waals surface area (Å²) in [5, 5.41) is 7.27. The Morgan fingerprint density at radius 1 is 1.42 bits per heavy atom. The summed E-state index contributed by atoms with van der Waals surface area (Å²) >= 11 is 17.4. The second-order valence-electron chi connectivity index (χ2n) is 5.07. The summed E-state index contributed by atoms with van der Waals surface area (Å²) in [6.45, 7) is 2.09. The zero-order valence-electron chi connectivity index (χ0n) is 12.6. The van der Waals surface area contributed by atoms with Crippen molar-refractivity contribution in [3.05, 3.63) is 49.0 Å². The minimum Gasteiger partial charge on any atom is -0.461 e. The first kappa shape index (κ1) is 17.7. The minimum atomic E-state index is -0.397. The number of hydrogen-bond acceptors (Lipinski definition) is 5. The molecule has 1 aliphatic heterocycles. The molecule has 0 aliphatic carbocycles. The average molecular weight is 448 g/mol. The Labute approximate surface area is 162 Å². The fourth-order valence-electron chi connectivity index (χ4n) is 2.47. The molecule has 24 heavy (non-hydrogen) atoms. The van der Waals surface area contributed by atoms with Crippen LogP contribution in [0, 0.1) is 0 Å². The van der Waals surface area contributed by atoms with Crippen LogP contribution in [0.1, 0.15) is 24.3 Å². The Morgan fingerprint density at radius 2 is 2.21 bits per heavy atom. The van der Waals surface area contributed by atoms with Gasteiger partial charge in [0.05, 0.1) is 27.1 Å². The lowest BCUT2D eigenvalue weighted by molar-refractivity contribution is -0.135. The highest BCUT2D eigenvalue weighted by atomic mass is 79.9. The average Bonchev–Trinajstić information content (AvgIpc) is 3.14. The largest absolute Gasteiger partial charge is 0.461 e. The van der Waals surface area contributed by atoms with Gasteiger partial charge in [0, 0.05) is 16.3 Å². The summed E-state index contributed by atoms with van der Waals surface area (Å²) in [5.74, 6) is -0.397. The maximum atomic E-state index is 12.1. The van der Waals surface area contributed by atoms with Crippen LogP contribution in [0.2, 0.25) is 10.0 Å². The third kappa shape index (κ3) is 3.61. The molecular formula is C16H13BrCl2N2O2S. The predicted octanol–water partition coefficient (Wildman–Crippen LogP) is 5.69. The van der Waals surface area contributed by atoms with Gasteiger partial charge in [-0.15, -0.1) is 11.3 Å². The summed E-state index contributed by atoms with van der Waals surface area (Å²) in [6.07, 6.45) is 0.463. The van der Waals surface area contributed by atoms with Gasteiger partial charge in [-0.25, -0.2) is 4.79 Å². The molecule has 0 spiro atoms. The fourth-order valence-corrected chi connectivity index (χ4v) is 4.47. The summed E-state index contributed by atoms with van der Waals surface area (Å²) in [4.78, 5) is 13.2. The standard InChI is InChI=1S/C16H13BrCl2N2O2S/c1-2-23-16(22)11-8-13(14-5-6-15(17)24-14)21(20-11)12-4-3-9(18)7-10(12)19/h3-7,13H,2,8H2,1H3. The van der Waals surface area contributed by atoms with Crippen LogP contribution in [0.15, 0.2) is 39.2 Å². The molecule has 126 valence electrons. The molecule has 1 atom stereocenters. The van der Waals surface area contributed by atoms with Crippen LogP contribution in [0.4, 0.5) is 5.69 Å². The summed E-state index contributed by atoms with van der Waals surface area (Å²) in [5.41, 5.74) is 1.09. The van der Waals surface area contributed by atoms with Crippen LogP contribution in [0.3, 0.4) is 0 Å². The van der Waals surface area contributed by atoms with Gasteiger partial charge in [-0.1, -0.05) is 23.2 Å². The molecule has 1 unspecified atom stereocenters. The topological polar surface area (TPSA) is 41.9 Å². The van der Waals surface area contributed by atoms with Gasteiger partial charge in [0.25, 0.3) is 0 Å². The zero-order valence-corrected chi connectivity index (χ0v) is 16.5. The molecule has 0 saturated heterocycles. The van der Waals surface area contributed by atoms with Crippen molar-refractivity contribution in [3.8, 4) is 0 Å². The van der Waals surface area contributed by atoms with E-state index in [9.17, 15) is 4.79 Å². The predicted molar refractivity (Wildman–Crippen MR) is 102 cm³/mol. The Morgan fingerprint density at radius 3 is 2.83 bits per heavy atom. The van der Waals surface area contributed by atoms with E-state index in [0.29, 0.717) is 34.5 Å². The first-order chi connectivity index (χ1) is 11.5. The molecule has 0 N–H and O–H groups in total. The van der Waals surface area contributed by atoms with Crippen molar-refractivity contribution in [1.29, 1.82) is 0 Å². The van der Waals surface area contributed by atoms with Crippen LogP contribution in [-0.4, -0.2) is 18.3 Å². The number of hydrogen-bond donors (Lipinski definition) is 0. The van der Waals surface area contributed by atoms with Crippen molar-refractivity contribution in [3.63, 3.8) is 0 Å². The Balaban J connectivity index is 2.00. The van der Waals surface area contributed by atoms with Crippen molar-refractivity contribution >= 4 is 67.8 Å². The molecular weight excluding hydrogens is 435 g/mol. The lowest BCUT2D eigenvalue weighted by Gasteiger charge is -2.23. The van der Waals surface area contributed by atoms with Crippen molar-refractivity contribution in [2.75, 3.05) is 11.6 Å². The summed E-state index contributed by atoms with van der Waals surface area (Å²) in [6, 6.07) is 9.10. The molecule has 0 radical (unpaired) electrons. The highest BCUT2D eigenvalue weighted by Crippen LogP contribution is 2.42.